The van der Waals surface area contributed by atoms with Crippen molar-refractivity contribution < 1.29 is 4.79 Å². The molecule has 1 aromatic carbocycles. The summed E-state index contributed by atoms with van der Waals surface area (Å²) in [5.41, 5.74) is 5.32. The number of ketones is 1. The van der Waals surface area contributed by atoms with Gasteiger partial charge in [-0.25, -0.2) is 4.68 Å². The Bertz CT molecular complexity index is 1240. The minimum Gasteiger partial charge on any atom is -0.328 e. The number of nitrogens with one attached hydrogen (secondary N) is 1. The first kappa shape index (κ1) is 21.1. The molecule has 6 heteroatoms. The first-order valence-electron chi connectivity index (χ1n) is 11.2. The van der Waals surface area contributed by atoms with Gasteiger partial charge in [0.1, 0.15) is 6.04 Å². The molecule has 1 unspecified atom stereocenters. The predicted octanol–water partition coefficient (Wildman–Crippen LogP) is 6.27. The zero-order valence-corrected chi connectivity index (χ0v) is 20.4. The Labute approximate surface area is 193 Å². The summed E-state index contributed by atoms with van der Waals surface area (Å²) in [6.45, 7) is 13.0. The highest BCUT2D eigenvalue weighted by Crippen LogP contribution is 2.47. The van der Waals surface area contributed by atoms with Crippen LogP contribution < -0.4 is 5.32 Å². The average molecular weight is 447 g/mol. The van der Waals surface area contributed by atoms with Crippen LogP contribution >= 0.6 is 11.3 Å². The van der Waals surface area contributed by atoms with Crippen LogP contribution in [0.4, 0.5) is 5.95 Å². The number of carbonyl (C=O) groups excluding carboxylic acids is 1. The van der Waals surface area contributed by atoms with E-state index in [1.807, 2.05) is 4.68 Å². The van der Waals surface area contributed by atoms with Gasteiger partial charge in [0.2, 0.25) is 5.95 Å². The van der Waals surface area contributed by atoms with Crippen molar-refractivity contribution in [2.75, 3.05) is 5.32 Å². The second-order valence-electron chi connectivity index (χ2n) is 10.9. The van der Waals surface area contributed by atoms with E-state index in [1.165, 1.54) is 11.1 Å². The van der Waals surface area contributed by atoms with Crippen LogP contribution in [0.15, 0.2) is 47.0 Å². The monoisotopic (exact) mass is 446 g/mol. The van der Waals surface area contributed by atoms with Crippen LogP contribution in [0.2, 0.25) is 0 Å². The van der Waals surface area contributed by atoms with E-state index in [0.717, 1.165) is 28.1 Å². The first-order valence-corrected chi connectivity index (χ1v) is 12.1. The number of Topliss-reactive ketones (excluding diaryl/α,β-unsaturated/α-hetero) is 1. The van der Waals surface area contributed by atoms with Crippen LogP contribution in [0.3, 0.4) is 0 Å². The van der Waals surface area contributed by atoms with Crippen molar-refractivity contribution in [3.05, 3.63) is 63.0 Å². The van der Waals surface area contributed by atoms with E-state index < -0.39 is 0 Å². The van der Waals surface area contributed by atoms with Gasteiger partial charge in [0.05, 0.1) is 0 Å². The molecule has 0 saturated carbocycles. The summed E-state index contributed by atoms with van der Waals surface area (Å²) in [6.07, 6.45) is 1.39. The minimum atomic E-state index is -0.222. The molecule has 0 radical (unpaired) electrons. The van der Waals surface area contributed by atoms with Crippen LogP contribution in [0.1, 0.15) is 69.5 Å². The van der Waals surface area contributed by atoms with E-state index in [1.54, 1.807) is 11.3 Å². The van der Waals surface area contributed by atoms with E-state index >= 15 is 0 Å². The maximum Gasteiger partial charge on any atom is 0.226 e. The zero-order valence-electron chi connectivity index (χ0n) is 19.6. The molecule has 0 bridgehead atoms. The fraction of sp³-hybridized carbons (Fsp3) is 0.423. The Morgan fingerprint density at radius 1 is 1.12 bits per heavy atom. The van der Waals surface area contributed by atoms with Gasteiger partial charge in [0.15, 0.2) is 11.6 Å². The number of benzene rings is 1. The number of aryl methyl sites for hydroxylation is 1. The highest BCUT2D eigenvalue weighted by Gasteiger charge is 2.42. The van der Waals surface area contributed by atoms with E-state index in [0.29, 0.717) is 18.2 Å². The topological polar surface area (TPSA) is 59.8 Å². The van der Waals surface area contributed by atoms with Gasteiger partial charge in [-0.2, -0.15) is 4.98 Å². The summed E-state index contributed by atoms with van der Waals surface area (Å²) in [5.74, 6) is 1.60. The molecule has 1 N–H and O–H groups in total. The number of hydrogen-bond donors (Lipinski definition) is 1. The molecule has 166 valence electrons. The SMILES string of the molecule is Cc1ccsc1C1C2=C(CC(C)(C)CC2=O)Nc2nc(-c3ccc(C(C)(C)C)cc3)nn21. The second-order valence-corrected chi connectivity index (χ2v) is 11.8. The van der Waals surface area contributed by atoms with Crippen molar-refractivity contribution in [3.8, 4) is 11.4 Å². The van der Waals surface area contributed by atoms with Gasteiger partial charge in [-0.1, -0.05) is 58.9 Å². The van der Waals surface area contributed by atoms with E-state index in [-0.39, 0.29) is 22.7 Å². The molecule has 3 heterocycles. The molecule has 2 aromatic heterocycles. The third-order valence-electron chi connectivity index (χ3n) is 6.49. The number of allylic oxidation sites excluding steroid dienone is 2. The standard InChI is InChI=1S/C26H30N4OS/c1-15-11-12-32-22(15)21-20-18(13-26(5,6)14-19(20)31)27-24-28-23(29-30(21)24)16-7-9-17(10-8-16)25(2,3)4/h7-12,21H,13-14H2,1-6H3,(H,27,28,29). The molecule has 2 aliphatic rings. The molecule has 0 spiro atoms. The molecule has 32 heavy (non-hydrogen) atoms. The number of anilines is 1. The normalized spacial score (nSPS) is 20.1. The van der Waals surface area contributed by atoms with Gasteiger partial charge in [-0.3, -0.25) is 4.79 Å². The lowest BCUT2D eigenvalue weighted by Crippen LogP contribution is -2.36. The second kappa shape index (κ2) is 7.14. The number of rotatable bonds is 2. The van der Waals surface area contributed by atoms with Gasteiger partial charge in [-0.05, 0) is 46.7 Å². The molecule has 0 saturated heterocycles. The van der Waals surface area contributed by atoms with Gasteiger partial charge < -0.3 is 5.32 Å². The van der Waals surface area contributed by atoms with Crippen LogP contribution in [0, 0.1) is 12.3 Å². The number of carbonyl (C=O) groups is 1. The van der Waals surface area contributed by atoms with Crippen molar-refractivity contribution in [2.24, 2.45) is 5.41 Å². The molecule has 5 nitrogen and oxygen atoms in total. The number of nitrogens with zero attached hydrogens (tertiary/aromatic N) is 3. The number of fused-ring (bicyclic) bond motifs is 1. The summed E-state index contributed by atoms with van der Waals surface area (Å²) in [5, 5.41) is 10.5. The fourth-order valence-electron chi connectivity index (χ4n) is 4.76. The van der Waals surface area contributed by atoms with Crippen molar-refractivity contribution in [2.45, 2.75) is 65.8 Å². The third-order valence-corrected chi connectivity index (χ3v) is 7.56. The Balaban J connectivity index is 1.62. The minimum absolute atomic E-state index is 0.0637. The molecule has 3 aromatic rings. The van der Waals surface area contributed by atoms with Gasteiger partial charge >= 0.3 is 0 Å². The maximum atomic E-state index is 13.3. The average Bonchev–Trinajstić information content (AvgIpc) is 3.31. The van der Waals surface area contributed by atoms with E-state index in [9.17, 15) is 4.79 Å². The number of thiophene rings is 1. The summed E-state index contributed by atoms with van der Waals surface area (Å²) < 4.78 is 1.92. The van der Waals surface area contributed by atoms with Crippen molar-refractivity contribution in [3.63, 3.8) is 0 Å². The molecule has 0 amide bonds. The van der Waals surface area contributed by atoms with Crippen molar-refractivity contribution >= 4 is 23.1 Å². The lowest BCUT2D eigenvalue weighted by molar-refractivity contribution is -0.118. The largest absolute Gasteiger partial charge is 0.328 e. The summed E-state index contributed by atoms with van der Waals surface area (Å²) in [6, 6.07) is 10.4. The number of hydrogen-bond acceptors (Lipinski definition) is 5. The van der Waals surface area contributed by atoms with Gasteiger partial charge in [0, 0.05) is 28.1 Å². The molecule has 1 aliphatic heterocycles. The molecular weight excluding hydrogens is 416 g/mol. The Hall–Kier alpha value is -2.73. The highest BCUT2D eigenvalue weighted by atomic mass is 32.1. The smallest absolute Gasteiger partial charge is 0.226 e. The Kier molecular flexibility index (Phi) is 4.71. The van der Waals surface area contributed by atoms with E-state index in [4.69, 9.17) is 10.1 Å². The molecule has 1 atom stereocenters. The van der Waals surface area contributed by atoms with Crippen LogP contribution in [-0.2, 0) is 10.2 Å². The highest BCUT2D eigenvalue weighted by molar-refractivity contribution is 7.10. The lowest BCUT2D eigenvalue weighted by Gasteiger charge is -2.38. The molecular formula is C26H30N4OS. The predicted molar refractivity (Wildman–Crippen MR) is 130 cm³/mol. The van der Waals surface area contributed by atoms with Crippen LogP contribution in [0.5, 0.6) is 0 Å². The van der Waals surface area contributed by atoms with Gasteiger partial charge in [-0.15, -0.1) is 16.4 Å². The summed E-state index contributed by atoms with van der Waals surface area (Å²) >= 11 is 1.68. The quantitative estimate of drug-likeness (QED) is 0.504. The molecule has 0 fully saturated rings. The molecule has 1 aliphatic carbocycles. The zero-order chi connectivity index (χ0) is 22.8. The van der Waals surface area contributed by atoms with Crippen molar-refractivity contribution in [1.29, 1.82) is 0 Å². The number of aromatic nitrogens is 3. The van der Waals surface area contributed by atoms with Crippen molar-refractivity contribution in [1.82, 2.24) is 14.8 Å². The Morgan fingerprint density at radius 3 is 2.47 bits per heavy atom. The van der Waals surface area contributed by atoms with E-state index in [2.05, 4.69) is 82.6 Å². The molecule has 5 rings (SSSR count). The summed E-state index contributed by atoms with van der Waals surface area (Å²) in [7, 11) is 0. The Morgan fingerprint density at radius 2 is 1.84 bits per heavy atom. The summed E-state index contributed by atoms with van der Waals surface area (Å²) in [4.78, 5) is 19.4. The lowest BCUT2D eigenvalue weighted by atomic mass is 9.73. The van der Waals surface area contributed by atoms with Gasteiger partial charge in [0.25, 0.3) is 0 Å². The maximum absolute atomic E-state index is 13.3. The first-order chi connectivity index (χ1) is 15.0. The fourth-order valence-corrected chi connectivity index (χ4v) is 5.78. The van der Waals surface area contributed by atoms with Crippen LogP contribution in [-0.4, -0.2) is 20.5 Å². The third kappa shape index (κ3) is 3.51. The van der Waals surface area contributed by atoms with Crippen LogP contribution in [0.25, 0.3) is 11.4 Å².